The SMILES string of the molecule is Cc1ccc(C(C)(C)C(=O)N2C[C@@H](CN)[C@H](c3ccccc3)C2)cc1.Cl. The van der Waals surface area contributed by atoms with E-state index >= 15 is 0 Å². The highest BCUT2D eigenvalue weighted by molar-refractivity contribution is 5.87. The molecule has 0 radical (unpaired) electrons. The molecule has 1 heterocycles. The number of nitrogens with two attached hydrogens (primary N) is 1. The number of nitrogens with zero attached hydrogens (tertiary/aromatic N) is 1. The zero-order valence-corrected chi connectivity index (χ0v) is 16.6. The van der Waals surface area contributed by atoms with Gasteiger partial charge in [0, 0.05) is 19.0 Å². The van der Waals surface area contributed by atoms with E-state index < -0.39 is 5.41 Å². The number of carbonyl (C=O) groups excluding carboxylic acids is 1. The number of carbonyl (C=O) groups is 1. The number of halogens is 1. The van der Waals surface area contributed by atoms with Gasteiger partial charge in [0.2, 0.25) is 5.91 Å². The summed E-state index contributed by atoms with van der Waals surface area (Å²) in [4.78, 5) is 15.3. The molecule has 2 atom stereocenters. The second-order valence-corrected chi connectivity index (χ2v) is 7.71. The van der Waals surface area contributed by atoms with Gasteiger partial charge in [0.05, 0.1) is 5.41 Å². The van der Waals surface area contributed by atoms with Gasteiger partial charge < -0.3 is 10.6 Å². The normalized spacial score (nSPS) is 19.9. The maximum atomic E-state index is 13.3. The highest BCUT2D eigenvalue weighted by Crippen LogP contribution is 2.35. The second-order valence-electron chi connectivity index (χ2n) is 7.71. The molecule has 0 aliphatic carbocycles. The van der Waals surface area contributed by atoms with Crippen LogP contribution in [0.2, 0.25) is 0 Å². The third-order valence-electron chi connectivity index (χ3n) is 5.57. The third kappa shape index (κ3) is 3.94. The van der Waals surface area contributed by atoms with Crippen LogP contribution in [0, 0.1) is 12.8 Å². The topological polar surface area (TPSA) is 46.3 Å². The first kappa shape index (κ1) is 20.5. The van der Waals surface area contributed by atoms with Crippen molar-refractivity contribution in [1.29, 1.82) is 0 Å². The fourth-order valence-corrected chi connectivity index (χ4v) is 3.84. The van der Waals surface area contributed by atoms with E-state index in [1.54, 1.807) is 0 Å². The van der Waals surface area contributed by atoms with Crippen LogP contribution in [0.5, 0.6) is 0 Å². The van der Waals surface area contributed by atoms with Gasteiger partial charge in [-0.15, -0.1) is 12.4 Å². The first-order chi connectivity index (χ1) is 11.9. The molecule has 26 heavy (non-hydrogen) atoms. The number of hydrogen-bond donors (Lipinski definition) is 1. The minimum Gasteiger partial charge on any atom is -0.341 e. The van der Waals surface area contributed by atoms with Crippen molar-refractivity contribution in [3.8, 4) is 0 Å². The Labute approximate surface area is 163 Å². The lowest BCUT2D eigenvalue weighted by molar-refractivity contribution is -0.135. The monoisotopic (exact) mass is 372 g/mol. The molecule has 1 amide bonds. The quantitative estimate of drug-likeness (QED) is 0.884. The van der Waals surface area contributed by atoms with Gasteiger partial charge in [-0.2, -0.15) is 0 Å². The van der Waals surface area contributed by atoms with Crippen LogP contribution in [-0.2, 0) is 10.2 Å². The van der Waals surface area contributed by atoms with Gasteiger partial charge in [0.25, 0.3) is 0 Å². The molecule has 0 spiro atoms. The van der Waals surface area contributed by atoms with Crippen LogP contribution in [0.3, 0.4) is 0 Å². The highest BCUT2D eigenvalue weighted by Gasteiger charge is 2.41. The lowest BCUT2D eigenvalue weighted by Gasteiger charge is -2.30. The summed E-state index contributed by atoms with van der Waals surface area (Å²) in [5, 5.41) is 0. The second kappa shape index (κ2) is 8.24. The predicted octanol–water partition coefficient (Wildman–Crippen LogP) is 3.90. The van der Waals surface area contributed by atoms with Crippen molar-refractivity contribution >= 4 is 18.3 Å². The summed E-state index contributed by atoms with van der Waals surface area (Å²) in [6.07, 6.45) is 0. The molecule has 0 saturated carbocycles. The number of likely N-dealkylation sites (tertiary alicyclic amines) is 1. The van der Waals surface area contributed by atoms with Crippen molar-refractivity contribution in [2.24, 2.45) is 11.7 Å². The van der Waals surface area contributed by atoms with E-state index in [0.29, 0.717) is 18.4 Å². The molecule has 1 fully saturated rings. The Morgan fingerprint density at radius 3 is 2.27 bits per heavy atom. The van der Waals surface area contributed by atoms with Crippen molar-refractivity contribution in [1.82, 2.24) is 4.90 Å². The Kier molecular flexibility index (Phi) is 6.48. The molecule has 2 aromatic carbocycles. The first-order valence-electron chi connectivity index (χ1n) is 9.05. The molecular weight excluding hydrogens is 344 g/mol. The highest BCUT2D eigenvalue weighted by atomic mass is 35.5. The zero-order chi connectivity index (χ0) is 18.0. The molecule has 4 heteroatoms. The summed E-state index contributed by atoms with van der Waals surface area (Å²) in [6, 6.07) is 18.7. The molecule has 2 N–H and O–H groups in total. The zero-order valence-electron chi connectivity index (χ0n) is 15.8. The van der Waals surface area contributed by atoms with Crippen LogP contribution in [-0.4, -0.2) is 30.4 Å². The molecule has 3 nitrogen and oxygen atoms in total. The number of benzene rings is 2. The summed E-state index contributed by atoms with van der Waals surface area (Å²) in [7, 11) is 0. The van der Waals surface area contributed by atoms with Crippen LogP contribution >= 0.6 is 12.4 Å². The Bertz CT molecular complexity index is 728. The lowest BCUT2D eigenvalue weighted by Crippen LogP contribution is -2.42. The number of hydrogen-bond acceptors (Lipinski definition) is 2. The van der Waals surface area contributed by atoms with Crippen molar-refractivity contribution in [2.45, 2.75) is 32.1 Å². The molecule has 140 valence electrons. The van der Waals surface area contributed by atoms with E-state index in [2.05, 4.69) is 55.5 Å². The summed E-state index contributed by atoms with van der Waals surface area (Å²) in [6.45, 7) is 8.20. The van der Waals surface area contributed by atoms with Crippen LogP contribution in [0.1, 0.15) is 36.5 Å². The van der Waals surface area contributed by atoms with Gasteiger partial charge >= 0.3 is 0 Å². The fraction of sp³-hybridized carbons (Fsp3) is 0.409. The Balaban J connectivity index is 0.00000243. The predicted molar refractivity (Wildman–Crippen MR) is 110 cm³/mol. The summed E-state index contributed by atoms with van der Waals surface area (Å²) in [5.74, 6) is 0.831. The maximum Gasteiger partial charge on any atom is 0.232 e. The smallest absolute Gasteiger partial charge is 0.232 e. The molecule has 2 aromatic rings. The molecule has 1 aliphatic rings. The summed E-state index contributed by atoms with van der Waals surface area (Å²) < 4.78 is 0. The van der Waals surface area contributed by atoms with Crippen LogP contribution in [0.25, 0.3) is 0 Å². The van der Waals surface area contributed by atoms with Crippen molar-refractivity contribution in [3.05, 3.63) is 71.3 Å². The van der Waals surface area contributed by atoms with Gasteiger partial charge in [-0.1, -0.05) is 60.2 Å². The van der Waals surface area contributed by atoms with Crippen LogP contribution < -0.4 is 5.73 Å². The van der Waals surface area contributed by atoms with Gasteiger partial charge in [-0.3, -0.25) is 4.79 Å². The fourth-order valence-electron chi connectivity index (χ4n) is 3.84. The number of aryl methyl sites for hydroxylation is 1. The van der Waals surface area contributed by atoms with Crippen molar-refractivity contribution < 1.29 is 4.79 Å². The average Bonchev–Trinajstić information content (AvgIpc) is 3.06. The first-order valence-corrected chi connectivity index (χ1v) is 9.05. The minimum atomic E-state index is -0.529. The molecule has 3 rings (SSSR count). The lowest BCUT2D eigenvalue weighted by atomic mass is 9.83. The number of amides is 1. The van der Waals surface area contributed by atoms with Gasteiger partial charge in [-0.25, -0.2) is 0 Å². The van der Waals surface area contributed by atoms with E-state index in [-0.39, 0.29) is 18.3 Å². The minimum absolute atomic E-state index is 0. The number of rotatable bonds is 4. The maximum absolute atomic E-state index is 13.3. The van der Waals surface area contributed by atoms with E-state index in [4.69, 9.17) is 5.73 Å². The molecule has 0 aromatic heterocycles. The third-order valence-corrected chi connectivity index (χ3v) is 5.57. The Hall–Kier alpha value is -1.84. The van der Waals surface area contributed by atoms with E-state index in [1.807, 2.05) is 24.8 Å². The van der Waals surface area contributed by atoms with Crippen LogP contribution in [0.4, 0.5) is 0 Å². The summed E-state index contributed by atoms with van der Waals surface area (Å²) >= 11 is 0. The van der Waals surface area contributed by atoms with Gasteiger partial charge in [0.15, 0.2) is 0 Å². The Morgan fingerprint density at radius 1 is 1.08 bits per heavy atom. The molecule has 0 bridgehead atoms. The van der Waals surface area contributed by atoms with Gasteiger partial charge in [-0.05, 0) is 44.4 Å². The molecule has 1 aliphatic heterocycles. The van der Waals surface area contributed by atoms with E-state index in [0.717, 1.165) is 18.7 Å². The largest absolute Gasteiger partial charge is 0.341 e. The Morgan fingerprint density at radius 2 is 1.69 bits per heavy atom. The summed E-state index contributed by atoms with van der Waals surface area (Å²) in [5.41, 5.74) is 9.05. The average molecular weight is 373 g/mol. The van der Waals surface area contributed by atoms with E-state index in [1.165, 1.54) is 11.1 Å². The molecular formula is C22H29ClN2O. The molecule has 1 saturated heterocycles. The van der Waals surface area contributed by atoms with Crippen LogP contribution in [0.15, 0.2) is 54.6 Å². The molecule has 0 unspecified atom stereocenters. The van der Waals surface area contributed by atoms with E-state index in [9.17, 15) is 4.79 Å². The van der Waals surface area contributed by atoms with Crippen molar-refractivity contribution in [3.63, 3.8) is 0 Å². The van der Waals surface area contributed by atoms with Crippen molar-refractivity contribution in [2.75, 3.05) is 19.6 Å². The standard InChI is InChI=1S/C22H28N2O.ClH/c1-16-9-11-19(12-10-16)22(2,3)21(25)24-14-18(13-23)20(15-24)17-7-5-4-6-8-17;/h4-12,18,20H,13-15,23H2,1-3H3;1H/t18-,20+;/m1./s1. The van der Waals surface area contributed by atoms with Gasteiger partial charge in [0.1, 0.15) is 0 Å².